The van der Waals surface area contributed by atoms with Crippen molar-refractivity contribution in [3.05, 3.63) is 59.8 Å². The predicted molar refractivity (Wildman–Crippen MR) is 103 cm³/mol. The van der Waals surface area contributed by atoms with E-state index in [1.807, 2.05) is 18.2 Å². The number of hydrogen-bond donors (Lipinski definition) is 2. The molecule has 2 fully saturated rings. The van der Waals surface area contributed by atoms with Crippen LogP contribution in [0.15, 0.2) is 48.7 Å². The van der Waals surface area contributed by atoms with Crippen molar-refractivity contribution in [2.24, 2.45) is 5.92 Å². The maximum atomic E-state index is 11.7. The van der Waals surface area contributed by atoms with Crippen LogP contribution >= 0.6 is 0 Å². The van der Waals surface area contributed by atoms with Gasteiger partial charge in [-0.1, -0.05) is 6.07 Å². The monoisotopic (exact) mass is 346 g/mol. The van der Waals surface area contributed by atoms with E-state index < -0.39 is 5.97 Å². The molecule has 2 aromatic carbocycles. The SMILES string of the molecule is O=C(O)c1cc(C2CC2)ccc1Nc1ccc2c(ccn2CC2CC2)c1. The third-order valence-corrected chi connectivity index (χ3v) is 5.52. The maximum Gasteiger partial charge on any atom is 0.337 e. The zero-order chi connectivity index (χ0) is 17.7. The molecule has 132 valence electrons. The molecule has 0 saturated heterocycles. The summed E-state index contributed by atoms with van der Waals surface area (Å²) in [5.74, 6) is 0.503. The normalized spacial score (nSPS) is 16.8. The Morgan fingerprint density at radius 2 is 1.92 bits per heavy atom. The number of carboxylic acids is 1. The van der Waals surface area contributed by atoms with Gasteiger partial charge in [-0.2, -0.15) is 0 Å². The van der Waals surface area contributed by atoms with E-state index in [9.17, 15) is 9.90 Å². The highest BCUT2D eigenvalue weighted by molar-refractivity contribution is 5.96. The van der Waals surface area contributed by atoms with Gasteiger partial charge in [0.05, 0.1) is 11.3 Å². The topological polar surface area (TPSA) is 54.3 Å². The van der Waals surface area contributed by atoms with Crippen LogP contribution in [0.25, 0.3) is 10.9 Å². The van der Waals surface area contributed by atoms with E-state index in [-0.39, 0.29) is 0 Å². The minimum absolute atomic E-state index is 0.348. The number of anilines is 2. The van der Waals surface area contributed by atoms with Crippen molar-refractivity contribution < 1.29 is 9.90 Å². The number of hydrogen-bond acceptors (Lipinski definition) is 2. The first-order chi connectivity index (χ1) is 12.7. The smallest absolute Gasteiger partial charge is 0.337 e. The van der Waals surface area contributed by atoms with Gasteiger partial charge in [0.2, 0.25) is 0 Å². The van der Waals surface area contributed by atoms with E-state index in [4.69, 9.17) is 0 Å². The van der Waals surface area contributed by atoms with Crippen LogP contribution in [0.5, 0.6) is 0 Å². The Morgan fingerprint density at radius 3 is 2.65 bits per heavy atom. The molecule has 0 amide bonds. The van der Waals surface area contributed by atoms with Crippen LogP contribution in [0.4, 0.5) is 11.4 Å². The molecule has 0 atom stereocenters. The van der Waals surface area contributed by atoms with Gasteiger partial charge in [-0.15, -0.1) is 0 Å². The molecule has 26 heavy (non-hydrogen) atoms. The maximum absolute atomic E-state index is 11.7. The Kier molecular flexibility index (Phi) is 3.52. The summed E-state index contributed by atoms with van der Waals surface area (Å²) in [7, 11) is 0. The Balaban J connectivity index is 1.44. The van der Waals surface area contributed by atoms with Gasteiger partial charge in [-0.05, 0) is 79.5 Å². The number of aromatic carboxylic acids is 1. The Labute approximate surface area is 152 Å². The van der Waals surface area contributed by atoms with Gasteiger partial charge in [0.25, 0.3) is 0 Å². The first-order valence-corrected chi connectivity index (χ1v) is 9.40. The van der Waals surface area contributed by atoms with Crippen molar-refractivity contribution in [1.29, 1.82) is 0 Å². The summed E-state index contributed by atoms with van der Waals surface area (Å²) in [4.78, 5) is 11.7. The average molecular weight is 346 g/mol. The first-order valence-electron chi connectivity index (χ1n) is 9.40. The molecule has 0 spiro atoms. The fraction of sp³-hybridized carbons (Fsp3) is 0.318. The van der Waals surface area contributed by atoms with Crippen LogP contribution < -0.4 is 5.32 Å². The fourth-order valence-corrected chi connectivity index (χ4v) is 3.69. The third kappa shape index (κ3) is 2.96. The Morgan fingerprint density at radius 1 is 1.08 bits per heavy atom. The Hall–Kier alpha value is -2.75. The van der Waals surface area contributed by atoms with E-state index in [1.54, 1.807) is 0 Å². The van der Waals surface area contributed by atoms with Gasteiger partial charge >= 0.3 is 5.97 Å². The second kappa shape index (κ2) is 5.90. The summed E-state index contributed by atoms with van der Waals surface area (Å²) in [6, 6.07) is 14.2. The molecule has 1 heterocycles. The summed E-state index contributed by atoms with van der Waals surface area (Å²) in [6.07, 6.45) is 7.17. The highest BCUT2D eigenvalue weighted by atomic mass is 16.4. The number of fused-ring (bicyclic) bond motifs is 1. The lowest BCUT2D eigenvalue weighted by atomic mass is 10.0. The minimum Gasteiger partial charge on any atom is -0.478 e. The van der Waals surface area contributed by atoms with Crippen molar-refractivity contribution in [3.63, 3.8) is 0 Å². The van der Waals surface area contributed by atoms with Gasteiger partial charge in [-0.3, -0.25) is 0 Å². The molecule has 3 aromatic rings. The molecule has 5 rings (SSSR count). The van der Waals surface area contributed by atoms with Crippen molar-refractivity contribution >= 4 is 28.2 Å². The van der Waals surface area contributed by atoms with E-state index in [1.165, 1.54) is 36.6 Å². The molecule has 0 radical (unpaired) electrons. The van der Waals surface area contributed by atoms with E-state index in [0.717, 1.165) is 23.7 Å². The average Bonchev–Trinajstić information content (AvgIpc) is 3.54. The molecule has 0 aliphatic heterocycles. The van der Waals surface area contributed by atoms with Crippen molar-refractivity contribution in [2.75, 3.05) is 5.32 Å². The second-order valence-electron chi connectivity index (χ2n) is 7.69. The highest BCUT2D eigenvalue weighted by Gasteiger charge is 2.25. The number of nitrogens with one attached hydrogen (secondary N) is 1. The van der Waals surface area contributed by atoms with Crippen molar-refractivity contribution in [2.45, 2.75) is 38.1 Å². The molecule has 0 unspecified atom stereocenters. The van der Waals surface area contributed by atoms with Crippen LogP contribution in [0.2, 0.25) is 0 Å². The molecule has 4 nitrogen and oxygen atoms in total. The highest BCUT2D eigenvalue weighted by Crippen LogP contribution is 2.41. The molecule has 0 bridgehead atoms. The van der Waals surface area contributed by atoms with Crippen LogP contribution in [-0.2, 0) is 6.54 Å². The number of carboxylic acid groups (broad SMARTS) is 1. The number of nitrogens with zero attached hydrogens (tertiary/aromatic N) is 1. The fourth-order valence-electron chi connectivity index (χ4n) is 3.69. The number of carbonyl (C=O) groups is 1. The van der Waals surface area contributed by atoms with E-state index >= 15 is 0 Å². The zero-order valence-electron chi connectivity index (χ0n) is 14.6. The van der Waals surface area contributed by atoms with E-state index in [0.29, 0.717) is 17.2 Å². The van der Waals surface area contributed by atoms with Gasteiger partial charge in [0, 0.05) is 29.3 Å². The summed E-state index contributed by atoms with van der Waals surface area (Å²) < 4.78 is 2.32. The summed E-state index contributed by atoms with van der Waals surface area (Å²) in [6.45, 7) is 1.10. The van der Waals surface area contributed by atoms with Gasteiger partial charge < -0.3 is 15.0 Å². The lowest BCUT2D eigenvalue weighted by molar-refractivity contribution is 0.0698. The third-order valence-electron chi connectivity index (χ3n) is 5.52. The number of aromatic nitrogens is 1. The Bertz CT molecular complexity index is 997. The van der Waals surface area contributed by atoms with Gasteiger partial charge in [0.15, 0.2) is 0 Å². The molecule has 1 aromatic heterocycles. The van der Waals surface area contributed by atoms with E-state index in [2.05, 4.69) is 40.3 Å². The van der Waals surface area contributed by atoms with Crippen LogP contribution in [0.3, 0.4) is 0 Å². The standard InChI is InChI=1S/C22H22N2O2/c25-22(26)19-12-16(15-3-4-15)5-7-20(19)23-18-6-8-21-17(11-18)9-10-24(21)13-14-1-2-14/h5-12,14-15,23H,1-4,13H2,(H,25,26). The lowest BCUT2D eigenvalue weighted by Crippen LogP contribution is -2.04. The van der Waals surface area contributed by atoms with Gasteiger partial charge in [0.1, 0.15) is 0 Å². The summed E-state index contributed by atoms with van der Waals surface area (Å²) in [5, 5.41) is 14.1. The molecule has 4 heteroatoms. The van der Waals surface area contributed by atoms with Crippen molar-refractivity contribution in [1.82, 2.24) is 4.57 Å². The van der Waals surface area contributed by atoms with Crippen LogP contribution in [-0.4, -0.2) is 15.6 Å². The molecule has 2 N–H and O–H groups in total. The minimum atomic E-state index is -0.883. The quantitative estimate of drug-likeness (QED) is 0.631. The molecule has 2 aliphatic carbocycles. The first kappa shape index (κ1) is 15.5. The zero-order valence-corrected chi connectivity index (χ0v) is 14.6. The second-order valence-corrected chi connectivity index (χ2v) is 7.69. The lowest BCUT2D eigenvalue weighted by Gasteiger charge is -2.12. The largest absolute Gasteiger partial charge is 0.478 e. The summed E-state index contributed by atoms with van der Waals surface area (Å²) in [5.41, 5.74) is 4.30. The molecular formula is C22H22N2O2. The van der Waals surface area contributed by atoms with Crippen molar-refractivity contribution in [3.8, 4) is 0 Å². The van der Waals surface area contributed by atoms with Gasteiger partial charge in [-0.25, -0.2) is 4.79 Å². The summed E-state index contributed by atoms with van der Waals surface area (Å²) >= 11 is 0. The number of rotatable bonds is 6. The molecule has 2 aliphatic rings. The number of benzene rings is 2. The predicted octanol–water partition coefficient (Wildman–Crippen LogP) is 5.37. The molecular weight excluding hydrogens is 324 g/mol. The van der Waals surface area contributed by atoms with Crippen LogP contribution in [0.1, 0.15) is 47.5 Å². The molecule has 2 saturated carbocycles. The van der Waals surface area contributed by atoms with Crippen LogP contribution in [0, 0.1) is 5.92 Å².